The molecule has 0 atom stereocenters. The summed E-state index contributed by atoms with van der Waals surface area (Å²) in [6.07, 6.45) is 3.34. The Morgan fingerprint density at radius 2 is 1.97 bits per heavy atom. The van der Waals surface area contributed by atoms with Gasteiger partial charge in [-0.2, -0.15) is 0 Å². The highest BCUT2D eigenvalue weighted by Crippen LogP contribution is 2.37. The second-order valence-electron chi connectivity index (χ2n) is 8.26. The lowest BCUT2D eigenvalue weighted by molar-refractivity contribution is -0.105. The normalized spacial score (nSPS) is 15.0. The maximum atomic E-state index is 10.5. The van der Waals surface area contributed by atoms with Crippen molar-refractivity contribution in [2.24, 2.45) is 11.1 Å². The molecule has 2 aromatic rings. The molecule has 0 aromatic heterocycles. The van der Waals surface area contributed by atoms with E-state index in [1.165, 1.54) is 0 Å². The number of benzene rings is 2. The number of phenols is 1. The molecular formula is C24H32N4O2. The molecule has 6 N–H and O–H groups in total. The van der Waals surface area contributed by atoms with Crippen molar-refractivity contribution in [1.29, 1.82) is 5.41 Å². The van der Waals surface area contributed by atoms with Gasteiger partial charge in [-0.25, -0.2) is 0 Å². The molecule has 1 aliphatic carbocycles. The summed E-state index contributed by atoms with van der Waals surface area (Å²) in [5.74, 6) is 0.327. The zero-order valence-electron chi connectivity index (χ0n) is 18.0. The fourth-order valence-electron chi connectivity index (χ4n) is 3.50. The molecule has 1 aliphatic rings. The number of nitrogens with two attached hydrogens (primary N) is 1. The minimum absolute atomic E-state index is 0.217. The highest BCUT2D eigenvalue weighted by molar-refractivity contribution is 6.11. The first kappa shape index (κ1) is 23.2. The SMILES string of the molecule is CC1(C)CCC(C(=N)c2cccc(NC=O)c2)=C(N)C1.CNCc1cccc(O)c1. The van der Waals surface area contributed by atoms with Crippen LogP contribution in [0.3, 0.4) is 0 Å². The Labute approximate surface area is 178 Å². The van der Waals surface area contributed by atoms with Crippen LogP contribution in [-0.4, -0.2) is 24.3 Å². The number of phenolic OH excluding ortho intramolecular Hbond substituents is 1. The average molecular weight is 409 g/mol. The van der Waals surface area contributed by atoms with E-state index in [0.29, 0.717) is 23.6 Å². The van der Waals surface area contributed by atoms with Crippen LogP contribution < -0.4 is 16.4 Å². The zero-order valence-corrected chi connectivity index (χ0v) is 18.0. The number of anilines is 1. The maximum absolute atomic E-state index is 10.5. The molecule has 0 unspecified atom stereocenters. The van der Waals surface area contributed by atoms with Crippen molar-refractivity contribution in [1.82, 2.24) is 5.32 Å². The van der Waals surface area contributed by atoms with E-state index in [2.05, 4.69) is 24.5 Å². The van der Waals surface area contributed by atoms with Gasteiger partial charge in [-0.15, -0.1) is 0 Å². The first-order chi connectivity index (χ1) is 14.3. The molecule has 1 amide bonds. The Morgan fingerprint density at radius 1 is 1.23 bits per heavy atom. The molecule has 6 heteroatoms. The minimum atomic E-state index is 0.217. The first-order valence-electron chi connectivity index (χ1n) is 10.1. The van der Waals surface area contributed by atoms with E-state index in [9.17, 15) is 4.79 Å². The number of aromatic hydroxyl groups is 1. The van der Waals surface area contributed by atoms with E-state index >= 15 is 0 Å². The van der Waals surface area contributed by atoms with Crippen molar-refractivity contribution in [2.45, 2.75) is 39.7 Å². The van der Waals surface area contributed by atoms with Crippen molar-refractivity contribution < 1.29 is 9.90 Å². The molecule has 0 fully saturated rings. The van der Waals surface area contributed by atoms with Gasteiger partial charge in [-0.1, -0.05) is 38.1 Å². The minimum Gasteiger partial charge on any atom is -0.508 e. The van der Waals surface area contributed by atoms with Gasteiger partial charge < -0.3 is 21.5 Å². The fraction of sp³-hybridized carbons (Fsp3) is 0.333. The molecule has 0 bridgehead atoms. The van der Waals surface area contributed by atoms with Crippen LogP contribution in [0, 0.1) is 10.8 Å². The first-order valence-corrected chi connectivity index (χ1v) is 10.1. The molecule has 30 heavy (non-hydrogen) atoms. The van der Waals surface area contributed by atoms with Gasteiger partial charge in [0.1, 0.15) is 5.75 Å². The molecule has 160 valence electrons. The topological polar surface area (TPSA) is 111 Å². The van der Waals surface area contributed by atoms with E-state index in [-0.39, 0.29) is 5.41 Å². The summed E-state index contributed by atoms with van der Waals surface area (Å²) in [6, 6.07) is 14.5. The van der Waals surface area contributed by atoms with Gasteiger partial charge in [0, 0.05) is 23.5 Å². The number of carbonyl (C=O) groups excluding carboxylic acids is 1. The third-order valence-corrected chi connectivity index (χ3v) is 5.08. The lowest BCUT2D eigenvalue weighted by Crippen LogP contribution is -2.25. The van der Waals surface area contributed by atoms with E-state index in [1.807, 2.05) is 31.3 Å². The number of carbonyl (C=O) groups is 1. The summed E-state index contributed by atoms with van der Waals surface area (Å²) in [5.41, 5.74) is 11.2. The van der Waals surface area contributed by atoms with Crippen LogP contribution in [0.2, 0.25) is 0 Å². The van der Waals surface area contributed by atoms with E-state index in [0.717, 1.165) is 48.2 Å². The quantitative estimate of drug-likeness (QED) is 0.365. The fourth-order valence-corrected chi connectivity index (χ4v) is 3.50. The Hall–Kier alpha value is -3.12. The van der Waals surface area contributed by atoms with Gasteiger partial charge in [-0.05, 0) is 67.1 Å². The summed E-state index contributed by atoms with van der Waals surface area (Å²) in [4.78, 5) is 10.5. The summed E-state index contributed by atoms with van der Waals surface area (Å²) in [5, 5.41) is 23.0. The predicted molar refractivity (Wildman–Crippen MR) is 123 cm³/mol. The molecule has 0 saturated heterocycles. The third kappa shape index (κ3) is 6.74. The van der Waals surface area contributed by atoms with E-state index < -0.39 is 0 Å². The van der Waals surface area contributed by atoms with Gasteiger partial charge in [-0.3, -0.25) is 10.2 Å². The van der Waals surface area contributed by atoms with Crippen molar-refractivity contribution >= 4 is 17.8 Å². The molecule has 0 radical (unpaired) electrons. The number of hydrogen-bond acceptors (Lipinski definition) is 5. The van der Waals surface area contributed by atoms with Crippen molar-refractivity contribution in [2.75, 3.05) is 12.4 Å². The van der Waals surface area contributed by atoms with Crippen molar-refractivity contribution in [3.8, 4) is 5.75 Å². The standard InChI is InChI=1S/C16H21N3O.C8H11NO/c1-16(2)7-6-13(14(17)9-16)15(18)11-4-3-5-12(8-11)19-10-20;1-9-6-7-3-2-4-8(10)5-7/h3-5,8,10,18H,6-7,9,17H2,1-2H3,(H,19,20);2-5,9-10H,6H2,1H3. The molecule has 3 rings (SSSR count). The highest BCUT2D eigenvalue weighted by atomic mass is 16.3. The van der Waals surface area contributed by atoms with Crippen molar-refractivity contribution in [3.05, 3.63) is 70.9 Å². The van der Waals surface area contributed by atoms with Crippen LogP contribution in [-0.2, 0) is 11.3 Å². The van der Waals surface area contributed by atoms with Crippen LogP contribution in [0.4, 0.5) is 5.69 Å². The molecule has 2 aromatic carbocycles. The summed E-state index contributed by atoms with van der Waals surface area (Å²) < 4.78 is 0. The molecular weight excluding hydrogens is 376 g/mol. The number of rotatable bonds is 6. The smallest absolute Gasteiger partial charge is 0.211 e. The molecule has 0 aliphatic heterocycles. The Morgan fingerprint density at radius 3 is 2.60 bits per heavy atom. The number of hydrogen-bond donors (Lipinski definition) is 5. The van der Waals surface area contributed by atoms with Crippen LogP contribution >= 0.6 is 0 Å². The van der Waals surface area contributed by atoms with Crippen LogP contribution in [0.5, 0.6) is 5.75 Å². The predicted octanol–water partition coefficient (Wildman–Crippen LogP) is 4.16. The molecule has 0 spiro atoms. The zero-order chi connectivity index (χ0) is 22.1. The van der Waals surface area contributed by atoms with Crippen LogP contribution in [0.25, 0.3) is 0 Å². The second kappa shape index (κ2) is 10.6. The molecule has 6 nitrogen and oxygen atoms in total. The Kier molecular flexibility index (Phi) is 8.18. The van der Waals surface area contributed by atoms with Gasteiger partial charge >= 0.3 is 0 Å². The Bertz CT molecular complexity index is 919. The summed E-state index contributed by atoms with van der Waals surface area (Å²) >= 11 is 0. The van der Waals surface area contributed by atoms with Gasteiger partial charge in [0.15, 0.2) is 0 Å². The lowest BCUT2D eigenvalue weighted by atomic mass is 9.75. The lowest BCUT2D eigenvalue weighted by Gasteiger charge is -2.31. The van der Waals surface area contributed by atoms with Gasteiger partial charge in [0.05, 0.1) is 5.71 Å². The summed E-state index contributed by atoms with van der Waals surface area (Å²) in [6.45, 7) is 5.21. The molecule has 0 heterocycles. The highest BCUT2D eigenvalue weighted by Gasteiger charge is 2.27. The van der Waals surface area contributed by atoms with Gasteiger partial charge in [0.2, 0.25) is 6.41 Å². The summed E-state index contributed by atoms with van der Waals surface area (Å²) in [7, 11) is 1.88. The largest absolute Gasteiger partial charge is 0.508 e. The third-order valence-electron chi connectivity index (χ3n) is 5.08. The van der Waals surface area contributed by atoms with Gasteiger partial charge in [0.25, 0.3) is 0 Å². The van der Waals surface area contributed by atoms with Crippen LogP contribution in [0.1, 0.15) is 44.2 Å². The maximum Gasteiger partial charge on any atom is 0.211 e. The average Bonchev–Trinajstić information content (AvgIpc) is 2.68. The van der Waals surface area contributed by atoms with E-state index in [4.69, 9.17) is 16.2 Å². The number of allylic oxidation sites excluding steroid dienone is 2. The van der Waals surface area contributed by atoms with Crippen molar-refractivity contribution in [3.63, 3.8) is 0 Å². The number of amides is 1. The molecule has 0 saturated carbocycles. The Balaban J connectivity index is 0.000000269. The van der Waals surface area contributed by atoms with Crippen LogP contribution in [0.15, 0.2) is 59.8 Å². The monoisotopic (exact) mass is 408 g/mol. The number of nitrogens with one attached hydrogen (secondary N) is 3. The second-order valence-corrected chi connectivity index (χ2v) is 8.26. The van der Waals surface area contributed by atoms with E-state index in [1.54, 1.807) is 24.3 Å².